The Kier molecular flexibility index (Phi) is 8.18. The second-order valence-electron chi connectivity index (χ2n) is 7.77. The van der Waals surface area contributed by atoms with Crippen LogP contribution in [0.25, 0.3) is 6.08 Å². The van der Waals surface area contributed by atoms with Gasteiger partial charge in [-0.3, -0.25) is 9.69 Å². The molecule has 1 saturated heterocycles. The highest BCUT2D eigenvalue weighted by molar-refractivity contribution is 9.10. The zero-order valence-corrected chi connectivity index (χ0v) is 22.1. The Labute approximate surface area is 225 Å². The van der Waals surface area contributed by atoms with Crippen LogP contribution in [0.15, 0.2) is 64.8 Å². The molecule has 0 aliphatic carbocycles. The van der Waals surface area contributed by atoms with E-state index in [9.17, 15) is 14.0 Å². The van der Waals surface area contributed by atoms with Gasteiger partial charge in [0, 0.05) is 5.56 Å². The molecule has 36 heavy (non-hydrogen) atoms. The van der Waals surface area contributed by atoms with Gasteiger partial charge in [-0.1, -0.05) is 47.5 Å². The van der Waals surface area contributed by atoms with Gasteiger partial charge in [-0.15, -0.1) is 0 Å². The molecule has 0 atom stereocenters. The molecule has 1 aliphatic heterocycles. The minimum absolute atomic E-state index is 0.0650. The smallest absolute Gasteiger partial charge is 0.329 e. The molecule has 186 valence electrons. The highest BCUT2D eigenvalue weighted by atomic mass is 79.9. The number of amides is 3. The van der Waals surface area contributed by atoms with Crippen molar-refractivity contribution in [3.63, 3.8) is 0 Å². The van der Waals surface area contributed by atoms with Crippen LogP contribution in [0.5, 0.6) is 11.5 Å². The van der Waals surface area contributed by atoms with E-state index >= 15 is 0 Å². The second kappa shape index (κ2) is 11.3. The fraction of sp³-hybridized carbons (Fsp3) is 0.154. The monoisotopic (exact) mass is 592 g/mol. The second-order valence-corrected chi connectivity index (χ2v) is 9.44. The number of hydrogen-bond donors (Lipinski definition) is 1. The number of halogens is 4. The molecule has 0 bridgehead atoms. The SMILES string of the molecule is CCOc1cc(/C=C2/NC(=O)N(Cc3ccccc3F)C2=O)cc(Br)c1OCc1ccc(Cl)c(Cl)c1. The molecular formula is C26H20BrCl2FN2O4. The van der Waals surface area contributed by atoms with Gasteiger partial charge in [0.05, 0.1) is 27.7 Å². The third-order valence-electron chi connectivity index (χ3n) is 5.26. The summed E-state index contributed by atoms with van der Waals surface area (Å²) in [4.78, 5) is 26.2. The van der Waals surface area contributed by atoms with Crippen molar-refractivity contribution in [1.29, 1.82) is 0 Å². The number of urea groups is 1. The third kappa shape index (κ3) is 5.83. The highest BCUT2D eigenvalue weighted by Gasteiger charge is 2.34. The first-order valence-corrected chi connectivity index (χ1v) is 12.4. The molecule has 1 aliphatic rings. The molecule has 1 fully saturated rings. The predicted molar refractivity (Wildman–Crippen MR) is 140 cm³/mol. The number of nitrogens with one attached hydrogen (secondary N) is 1. The van der Waals surface area contributed by atoms with Gasteiger partial charge >= 0.3 is 6.03 Å². The van der Waals surface area contributed by atoms with E-state index in [-0.39, 0.29) is 24.4 Å². The molecule has 10 heteroatoms. The maximum Gasteiger partial charge on any atom is 0.329 e. The molecule has 3 aromatic carbocycles. The largest absolute Gasteiger partial charge is 0.490 e. The average molecular weight is 594 g/mol. The topological polar surface area (TPSA) is 67.9 Å². The van der Waals surface area contributed by atoms with Crippen LogP contribution in [0.1, 0.15) is 23.6 Å². The van der Waals surface area contributed by atoms with E-state index < -0.39 is 17.8 Å². The number of imide groups is 1. The minimum Gasteiger partial charge on any atom is -0.490 e. The lowest BCUT2D eigenvalue weighted by Crippen LogP contribution is -2.30. The summed E-state index contributed by atoms with van der Waals surface area (Å²) in [6, 6.07) is 14.0. The van der Waals surface area contributed by atoms with Crippen LogP contribution in [0, 0.1) is 5.82 Å². The normalized spacial score (nSPS) is 14.4. The molecule has 3 aromatic rings. The predicted octanol–water partition coefficient (Wildman–Crippen LogP) is 6.97. The Morgan fingerprint density at radius 1 is 1.06 bits per heavy atom. The Bertz CT molecular complexity index is 1370. The number of nitrogens with zero attached hydrogens (tertiary/aromatic N) is 1. The van der Waals surface area contributed by atoms with Gasteiger partial charge in [0.1, 0.15) is 18.1 Å². The Balaban J connectivity index is 1.56. The first-order chi connectivity index (χ1) is 17.3. The molecular weight excluding hydrogens is 574 g/mol. The Morgan fingerprint density at radius 3 is 2.56 bits per heavy atom. The van der Waals surface area contributed by atoms with Crippen molar-refractivity contribution in [3.8, 4) is 11.5 Å². The van der Waals surface area contributed by atoms with Crippen LogP contribution >= 0.6 is 39.1 Å². The lowest BCUT2D eigenvalue weighted by atomic mass is 10.1. The van der Waals surface area contributed by atoms with E-state index in [1.54, 1.807) is 36.4 Å². The molecule has 1 heterocycles. The van der Waals surface area contributed by atoms with Gasteiger partial charge in [-0.25, -0.2) is 9.18 Å². The Hall–Kier alpha value is -3.07. The molecule has 0 spiro atoms. The number of benzene rings is 3. The summed E-state index contributed by atoms with van der Waals surface area (Å²) in [6.07, 6.45) is 1.53. The molecule has 6 nitrogen and oxygen atoms in total. The van der Waals surface area contributed by atoms with Crippen molar-refractivity contribution in [1.82, 2.24) is 10.2 Å². The van der Waals surface area contributed by atoms with E-state index in [1.807, 2.05) is 13.0 Å². The molecule has 4 rings (SSSR count). The van der Waals surface area contributed by atoms with E-state index in [2.05, 4.69) is 21.2 Å². The maximum absolute atomic E-state index is 14.0. The van der Waals surface area contributed by atoms with E-state index in [0.717, 1.165) is 10.5 Å². The summed E-state index contributed by atoms with van der Waals surface area (Å²) in [5.41, 5.74) is 1.71. The average Bonchev–Trinajstić information content (AvgIpc) is 3.09. The zero-order valence-electron chi connectivity index (χ0n) is 19.0. The van der Waals surface area contributed by atoms with Crippen molar-refractivity contribution < 1.29 is 23.5 Å². The maximum atomic E-state index is 14.0. The van der Waals surface area contributed by atoms with Crippen molar-refractivity contribution >= 4 is 57.1 Å². The van der Waals surface area contributed by atoms with Gasteiger partial charge in [0.2, 0.25) is 0 Å². The van der Waals surface area contributed by atoms with E-state index in [4.69, 9.17) is 32.7 Å². The summed E-state index contributed by atoms with van der Waals surface area (Å²) in [6.45, 7) is 2.25. The number of carbonyl (C=O) groups is 2. The van der Waals surface area contributed by atoms with E-state index in [0.29, 0.717) is 38.2 Å². The lowest BCUT2D eigenvalue weighted by Gasteiger charge is -2.15. The van der Waals surface area contributed by atoms with Crippen LogP contribution < -0.4 is 14.8 Å². The standard InChI is InChI=1S/C26H20BrCl2FN2O4/c1-2-35-23-12-16(9-18(27)24(23)36-14-15-7-8-19(28)20(29)10-15)11-22-25(33)32(26(34)31-22)13-17-5-3-4-6-21(17)30/h3-12H,2,13-14H2,1H3,(H,31,34)/b22-11+. The molecule has 0 unspecified atom stereocenters. The van der Waals surface area contributed by atoms with Crippen LogP contribution in [0.3, 0.4) is 0 Å². The van der Waals surface area contributed by atoms with Gasteiger partial charge in [0.25, 0.3) is 5.91 Å². The summed E-state index contributed by atoms with van der Waals surface area (Å²) in [5, 5.41) is 3.43. The quantitative estimate of drug-likeness (QED) is 0.226. The molecule has 0 radical (unpaired) electrons. The van der Waals surface area contributed by atoms with Gasteiger partial charge in [-0.2, -0.15) is 0 Å². The number of hydrogen-bond acceptors (Lipinski definition) is 4. The summed E-state index contributed by atoms with van der Waals surface area (Å²) in [7, 11) is 0. The van der Waals surface area contributed by atoms with Crippen LogP contribution in [0.4, 0.5) is 9.18 Å². The lowest BCUT2D eigenvalue weighted by molar-refractivity contribution is -0.123. The molecule has 3 amide bonds. The van der Waals surface area contributed by atoms with Crippen molar-refractivity contribution in [2.45, 2.75) is 20.1 Å². The summed E-state index contributed by atoms with van der Waals surface area (Å²) < 4.78 is 26.3. The summed E-state index contributed by atoms with van der Waals surface area (Å²) >= 11 is 15.6. The first-order valence-electron chi connectivity index (χ1n) is 10.9. The molecule has 1 N–H and O–H groups in total. The number of rotatable bonds is 8. The fourth-order valence-corrected chi connectivity index (χ4v) is 4.43. The van der Waals surface area contributed by atoms with Gasteiger partial charge < -0.3 is 14.8 Å². The van der Waals surface area contributed by atoms with Crippen molar-refractivity contribution in [2.24, 2.45) is 0 Å². The fourth-order valence-electron chi connectivity index (χ4n) is 3.54. The Morgan fingerprint density at radius 2 is 1.83 bits per heavy atom. The van der Waals surface area contributed by atoms with Gasteiger partial charge in [0.15, 0.2) is 11.5 Å². The summed E-state index contributed by atoms with van der Waals surface area (Å²) in [5.74, 6) is -0.138. The van der Waals surface area contributed by atoms with Crippen LogP contribution in [-0.4, -0.2) is 23.4 Å². The van der Waals surface area contributed by atoms with Gasteiger partial charge in [-0.05, 0) is 70.4 Å². The minimum atomic E-state index is -0.625. The van der Waals surface area contributed by atoms with Crippen LogP contribution in [0.2, 0.25) is 10.0 Å². The first kappa shape index (κ1) is 26.0. The van der Waals surface area contributed by atoms with Crippen LogP contribution in [-0.2, 0) is 17.9 Å². The number of carbonyl (C=O) groups excluding carboxylic acids is 2. The zero-order chi connectivity index (χ0) is 25.8. The van der Waals surface area contributed by atoms with Crippen molar-refractivity contribution in [3.05, 3.63) is 97.3 Å². The third-order valence-corrected chi connectivity index (χ3v) is 6.59. The highest BCUT2D eigenvalue weighted by Crippen LogP contribution is 2.38. The molecule has 0 saturated carbocycles. The molecule has 0 aromatic heterocycles. The number of ether oxygens (including phenoxy) is 2. The van der Waals surface area contributed by atoms with E-state index in [1.165, 1.54) is 18.2 Å². The van der Waals surface area contributed by atoms with Crippen molar-refractivity contribution in [2.75, 3.05) is 6.61 Å².